The van der Waals surface area contributed by atoms with E-state index in [0.29, 0.717) is 17.5 Å². The lowest BCUT2D eigenvalue weighted by molar-refractivity contribution is 0.0557. The zero-order valence-electron chi connectivity index (χ0n) is 12.2. The second-order valence-corrected chi connectivity index (χ2v) is 5.26. The van der Waals surface area contributed by atoms with Crippen LogP contribution in [-0.4, -0.2) is 26.4 Å². The molecule has 1 aromatic carbocycles. The maximum atomic E-state index is 8.98. The predicted octanol–water partition coefficient (Wildman–Crippen LogP) is 2.47. The Bertz CT molecular complexity index is 476. The Balaban J connectivity index is 1.97. The van der Waals surface area contributed by atoms with Gasteiger partial charge in [-0.1, -0.05) is 0 Å². The highest BCUT2D eigenvalue weighted by molar-refractivity contribution is 5.42. The van der Waals surface area contributed by atoms with Gasteiger partial charge in [-0.15, -0.1) is 0 Å². The molecule has 0 radical (unpaired) electrons. The van der Waals surface area contributed by atoms with Crippen LogP contribution < -0.4 is 10.1 Å². The van der Waals surface area contributed by atoms with Crippen molar-refractivity contribution >= 4 is 0 Å². The molecule has 1 aliphatic rings. The first-order valence-corrected chi connectivity index (χ1v) is 7.12. The molecular weight excluding hydrogens is 252 g/mol. The molecule has 0 saturated carbocycles. The molecule has 4 heteroatoms. The first-order chi connectivity index (χ1) is 9.74. The van der Waals surface area contributed by atoms with E-state index in [1.807, 2.05) is 12.1 Å². The monoisotopic (exact) mass is 274 g/mol. The summed E-state index contributed by atoms with van der Waals surface area (Å²) in [5.74, 6) is 1.49. The van der Waals surface area contributed by atoms with Crippen LogP contribution in [0.25, 0.3) is 0 Å². The lowest BCUT2D eigenvalue weighted by atomic mass is 9.93. The van der Waals surface area contributed by atoms with Crippen LogP contribution in [-0.2, 0) is 11.3 Å². The van der Waals surface area contributed by atoms with Gasteiger partial charge in [0.1, 0.15) is 5.75 Å². The minimum Gasteiger partial charge on any atom is -0.496 e. The lowest BCUT2D eigenvalue weighted by Gasteiger charge is -2.28. The van der Waals surface area contributed by atoms with Gasteiger partial charge in [0, 0.05) is 31.4 Å². The Hall–Kier alpha value is -1.57. The second-order valence-electron chi connectivity index (χ2n) is 5.26. The molecule has 1 fully saturated rings. The molecule has 0 unspecified atom stereocenters. The topological polar surface area (TPSA) is 54.3 Å². The van der Waals surface area contributed by atoms with Crippen molar-refractivity contribution in [2.45, 2.75) is 32.4 Å². The number of hydrogen-bond donors (Lipinski definition) is 1. The summed E-state index contributed by atoms with van der Waals surface area (Å²) in [7, 11) is 1.66. The molecule has 2 rings (SSSR count). The van der Waals surface area contributed by atoms with Crippen molar-refractivity contribution in [2.24, 2.45) is 5.92 Å². The minimum absolute atomic E-state index is 0.439. The highest BCUT2D eigenvalue weighted by Gasteiger charge is 2.20. The van der Waals surface area contributed by atoms with Gasteiger partial charge in [-0.25, -0.2) is 0 Å². The molecule has 0 spiro atoms. The Kier molecular flexibility index (Phi) is 5.40. The highest BCUT2D eigenvalue weighted by atomic mass is 16.5. The van der Waals surface area contributed by atoms with Crippen molar-refractivity contribution in [2.75, 3.05) is 20.3 Å². The summed E-state index contributed by atoms with van der Waals surface area (Å²) in [6, 6.07) is 8.14. The Morgan fingerprint density at radius 1 is 1.45 bits per heavy atom. The van der Waals surface area contributed by atoms with E-state index in [0.717, 1.165) is 43.9 Å². The van der Waals surface area contributed by atoms with Crippen LogP contribution >= 0.6 is 0 Å². The standard InChI is InChI=1S/C16H22N2O2/c1-12(14-5-7-20-8-6-14)18-11-15-9-13(10-17)3-4-16(15)19-2/h3-4,9,12,14,18H,5-8,11H2,1-2H3/t12-/m0/s1. The van der Waals surface area contributed by atoms with Gasteiger partial charge in [0.2, 0.25) is 0 Å². The van der Waals surface area contributed by atoms with Gasteiger partial charge in [0.05, 0.1) is 18.7 Å². The molecule has 1 heterocycles. The van der Waals surface area contributed by atoms with Gasteiger partial charge in [-0.2, -0.15) is 5.26 Å². The Labute approximate surface area is 120 Å². The predicted molar refractivity (Wildman–Crippen MR) is 77.6 cm³/mol. The molecule has 1 aromatic rings. The fourth-order valence-electron chi connectivity index (χ4n) is 2.64. The average molecular weight is 274 g/mol. The third kappa shape index (κ3) is 3.72. The van der Waals surface area contributed by atoms with Crippen LogP contribution in [0.15, 0.2) is 18.2 Å². The molecule has 1 atom stereocenters. The maximum absolute atomic E-state index is 8.98. The number of ether oxygens (including phenoxy) is 2. The van der Waals surface area contributed by atoms with Gasteiger partial charge in [-0.3, -0.25) is 0 Å². The number of nitrogens with one attached hydrogen (secondary N) is 1. The lowest BCUT2D eigenvalue weighted by Crippen LogP contribution is -2.36. The van der Waals surface area contributed by atoms with Gasteiger partial charge >= 0.3 is 0 Å². The van der Waals surface area contributed by atoms with E-state index in [1.54, 1.807) is 13.2 Å². The molecular formula is C16H22N2O2. The molecule has 4 nitrogen and oxygen atoms in total. The zero-order chi connectivity index (χ0) is 14.4. The fraction of sp³-hybridized carbons (Fsp3) is 0.562. The molecule has 1 aliphatic heterocycles. The van der Waals surface area contributed by atoms with Crippen molar-refractivity contribution in [3.05, 3.63) is 29.3 Å². The third-order valence-corrected chi connectivity index (χ3v) is 4.00. The first kappa shape index (κ1) is 14.8. The quantitative estimate of drug-likeness (QED) is 0.896. The summed E-state index contributed by atoms with van der Waals surface area (Å²) < 4.78 is 10.7. The van der Waals surface area contributed by atoms with E-state index in [9.17, 15) is 0 Å². The Morgan fingerprint density at radius 2 is 2.20 bits per heavy atom. The smallest absolute Gasteiger partial charge is 0.123 e. The van der Waals surface area contributed by atoms with Crippen molar-refractivity contribution < 1.29 is 9.47 Å². The summed E-state index contributed by atoms with van der Waals surface area (Å²) in [5, 5.41) is 12.5. The number of rotatable bonds is 5. The number of nitriles is 1. The van der Waals surface area contributed by atoms with Crippen LogP contribution in [0.5, 0.6) is 5.75 Å². The van der Waals surface area contributed by atoms with E-state index in [2.05, 4.69) is 18.3 Å². The molecule has 0 amide bonds. The van der Waals surface area contributed by atoms with Gasteiger partial charge < -0.3 is 14.8 Å². The summed E-state index contributed by atoms with van der Waals surface area (Å²) >= 11 is 0. The molecule has 1 N–H and O–H groups in total. The molecule has 0 bridgehead atoms. The summed E-state index contributed by atoms with van der Waals surface area (Å²) in [6.45, 7) is 4.67. The molecule has 0 aliphatic carbocycles. The third-order valence-electron chi connectivity index (χ3n) is 4.00. The fourth-order valence-corrected chi connectivity index (χ4v) is 2.64. The molecule has 108 valence electrons. The van der Waals surface area contributed by atoms with Crippen LogP contribution in [0.2, 0.25) is 0 Å². The summed E-state index contributed by atoms with van der Waals surface area (Å²) in [5.41, 5.74) is 1.70. The summed E-state index contributed by atoms with van der Waals surface area (Å²) in [4.78, 5) is 0. The number of hydrogen-bond acceptors (Lipinski definition) is 4. The highest BCUT2D eigenvalue weighted by Crippen LogP contribution is 2.22. The van der Waals surface area contributed by atoms with Crippen LogP contribution in [0.4, 0.5) is 0 Å². The second kappa shape index (κ2) is 7.28. The average Bonchev–Trinajstić information content (AvgIpc) is 2.53. The normalized spacial score (nSPS) is 17.4. The van der Waals surface area contributed by atoms with Crippen molar-refractivity contribution in [1.29, 1.82) is 5.26 Å². The molecule has 0 aromatic heterocycles. The minimum atomic E-state index is 0.439. The van der Waals surface area contributed by atoms with Crippen LogP contribution in [0, 0.1) is 17.2 Å². The van der Waals surface area contributed by atoms with Crippen LogP contribution in [0.1, 0.15) is 30.9 Å². The number of nitrogens with zero attached hydrogens (tertiary/aromatic N) is 1. The largest absolute Gasteiger partial charge is 0.496 e. The first-order valence-electron chi connectivity index (χ1n) is 7.12. The van der Waals surface area contributed by atoms with Gasteiger partial charge in [-0.05, 0) is 43.9 Å². The van der Waals surface area contributed by atoms with E-state index in [1.165, 1.54) is 0 Å². The molecule has 20 heavy (non-hydrogen) atoms. The molecule has 1 saturated heterocycles. The van der Waals surface area contributed by atoms with Gasteiger partial charge in [0.15, 0.2) is 0 Å². The maximum Gasteiger partial charge on any atom is 0.123 e. The zero-order valence-corrected chi connectivity index (χ0v) is 12.2. The number of methoxy groups -OCH3 is 1. The summed E-state index contributed by atoms with van der Waals surface area (Å²) in [6.07, 6.45) is 2.23. The SMILES string of the molecule is COc1ccc(C#N)cc1CN[C@@H](C)C1CCOCC1. The van der Waals surface area contributed by atoms with E-state index >= 15 is 0 Å². The van der Waals surface area contributed by atoms with Crippen molar-refractivity contribution in [1.82, 2.24) is 5.32 Å². The van der Waals surface area contributed by atoms with Crippen molar-refractivity contribution in [3.63, 3.8) is 0 Å². The Morgan fingerprint density at radius 3 is 2.85 bits per heavy atom. The van der Waals surface area contributed by atoms with Crippen LogP contribution in [0.3, 0.4) is 0 Å². The van der Waals surface area contributed by atoms with Gasteiger partial charge in [0.25, 0.3) is 0 Å². The number of benzene rings is 1. The van der Waals surface area contributed by atoms with E-state index < -0.39 is 0 Å². The van der Waals surface area contributed by atoms with Crippen molar-refractivity contribution in [3.8, 4) is 11.8 Å². The van der Waals surface area contributed by atoms with E-state index in [4.69, 9.17) is 14.7 Å². The van der Waals surface area contributed by atoms with E-state index in [-0.39, 0.29) is 0 Å².